The van der Waals surface area contributed by atoms with Crippen LogP contribution in [0.5, 0.6) is 0 Å². The zero-order valence-corrected chi connectivity index (χ0v) is 11.8. The molecular formula is C12H17BrN4O. The van der Waals surface area contributed by atoms with Gasteiger partial charge in [0.15, 0.2) is 0 Å². The van der Waals surface area contributed by atoms with E-state index in [-0.39, 0.29) is 5.91 Å². The maximum absolute atomic E-state index is 10.9. The van der Waals surface area contributed by atoms with Crippen LogP contribution in [0.4, 0.5) is 5.82 Å². The highest BCUT2D eigenvalue weighted by molar-refractivity contribution is 9.10. The van der Waals surface area contributed by atoms with E-state index in [1.165, 1.54) is 0 Å². The lowest BCUT2D eigenvalue weighted by molar-refractivity contribution is -0.119. The third-order valence-corrected chi connectivity index (χ3v) is 3.49. The van der Waals surface area contributed by atoms with Gasteiger partial charge in [-0.2, -0.15) is 0 Å². The number of hydrogen-bond acceptors (Lipinski definition) is 4. The van der Waals surface area contributed by atoms with E-state index in [9.17, 15) is 4.79 Å². The van der Waals surface area contributed by atoms with Crippen molar-refractivity contribution in [2.24, 2.45) is 5.73 Å². The largest absolute Gasteiger partial charge is 0.369 e. The van der Waals surface area contributed by atoms with Crippen LogP contribution in [0.25, 0.3) is 0 Å². The summed E-state index contributed by atoms with van der Waals surface area (Å²) in [5.74, 6) is 0.717. The van der Waals surface area contributed by atoms with Crippen LogP contribution in [0.3, 0.4) is 0 Å². The SMILES string of the molecule is NC(=O)CN1CCCN(c2cc(Br)ccn2)CC1. The Hall–Kier alpha value is -1.14. The number of halogens is 1. The van der Waals surface area contributed by atoms with Gasteiger partial charge in [-0.3, -0.25) is 9.69 Å². The Morgan fingerprint density at radius 1 is 1.39 bits per heavy atom. The standard InChI is InChI=1S/C12H17BrN4O/c13-10-2-3-15-12(8-10)17-5-1-4-16(6-7-17)9-11(14)18/h2-3,8H,1,4-7,9H2,(H2,14,18). The third-order valence-electron chi connectivity index (χ3n) is 3.00. The van der Waals surface area contributed by atoms with Crippen molar-refractivity contribution in [3.63, 3.8) is 0 Å². The van der Waals surface area contributed by atoms with Gasteiger partial charge in [0.1, 0.15) is 5.82 Å². The number of rotatable bonds is 3. The molecule has 0 bridgehead atoms. The molecule has 2 N–H and O–H groups in total. The van der Waals surface area contributed by atoms with Gasteiger partial charge < -0.3 is 10.6 Å². The van der Waals surface area contributed by atoms with E-state index >= 15 is 0 Å². The van der Waals surface area contributed by atoms with E-state index in [4.69, 9.17) is 5.73 Å². The van der Waals surface area contributed by atoms with Crippen molar-refractivity contribution in [1.29, 1.82) is 0 Å². The smallest absolute Gasteiger partial charge is 0.231 e. The molecule has 1 saturated heterocycles. The zero-order chi connectivity index (χ0) is 13.0. The number of nitrogens with zero attached hydrogens (tertiary/aromatic N) is 3. The van der Waals surface area contributed by atoms with Crippen LogP contribution >= 0.6 is 15.9 Å². The molecule has 1 aliphatic heterocycles. The summed E-state index contributed by atoms with van der Waals surface area (Å²) >= 11 is 3.45. The highest BCUT2D eigenvalue weighted by atomic mass is 79.9. The molecule has 0 aliphatic carbocycles. The molecule has 2 heterocycles. The third kappa shape index (κ3) is 3.68. The molecule has 1 amide bonds. The summed E-state index contributed by atoms with van der Waals surface area (Å²) in [5, 5.41) is 0. The number of carbonyl (C=O) groups excluding carboxylic acids is 1. The van der Waals surface area contributed by atoms with Gasteiger partial charge in [-0.25, -0.2) is 4.98 Å². The van der Waals surface area contributed by atoms with Gasteiger partial charge in [0.2, 0.25) is 5.91 Å². The van der Waals surface area contributed by atoms with Gasteiger partial charge in [-0.1, -0.05) is 15.9 Å². The number of pyridine rings is 1. The minimum Gasteiger partial charge on any atom is -0.369 e. The average Bonchev–Trinajstić information content (AvgIpc) is 2.54. The summed E-state index contributed by atoms with van der Waals surface area (Å²) in [5.41, 5.74) is 5.23. The first kappa shape index (κ1) is 13.3. The summed E-state index contributed by atoms with van der Waals surface area (Å²) in [6, 6.07) is 3.93. The van der Waals surface area contributed by atoms with E-state index in [2.05, 4.69) is 30.7 Å². The first-order chi connectivity index (χ1) is 8.65. The second-order valence-electron chi connectivity index (χ2n) is 4.42. The van der Waals surface area contributed by atoms with Crippen molar-refractivity contribution in [2.45, 2.75) is 6.42 Å². The van der Waals surface area contributed by atoms with Crippen LogP contribution in [0.15, 0.2) is 22.8 Å². The Labute approximate surface area is 115 Å². The molecule has 0 unspecified atom stereocenters. The van der Waals surface area contributed by atoms with Gasteiger partial charge in [0.05, 0.1) is 6.54 Å². The predicted octanol–water partition coefficient (Wildman–Crippen LogP) is 0.842. The number of nitrogens with two attached hydrogens (primary N) is 1. The van der Waals surface area contributed by atoms with E-state index in [1.54, 1.807) is 6.20 Å². The molecule has 0 saturated carbocycles. The summed E-state index contributed by atoms with van der Waals surface area (Å²) in [7, 11) is 0. The maximum atomic E-state index is 10.9. The minimum atomic E-state index is -0.260. The van der Waals surface area contributed by atoms with Crippen LogP contribution in [0, 0.1) is 0 Å². The molecular weight excluding hydrogens is 296 g/mol. The van der Waals surface area contributed by atoms with Crippen molar-refractivity contribution in [2.75, 3.05) is 37.6 Å². The van der Waals surface area contributed by atoms with Crippen LogP contribution in [-0.2, 0) is 4.79 Å². The van der Waals surface area contributed by atoms with Crippen molar-refractivity contribution in [3.8, 4) is 0 Å². The van der Waals surface area contributed by atoms with Crippen molar-refractivity contribution < 1.29 is 4.79 Å². The maximum Gasteiger partial charge on any atom is 0.231 e. The fourth-order valence-electron chi connectivity index (χ4n) is 2.15. The van der Waals surface area contributed by atoms with E-state index in [0.717, 1.165) is 42.9 Å². The monoisotopic (exact) mass is 312 g/mol. The predicted molar refractivity (Wildman–Crippen MR) is 74.4 cm³/mol. The topological polar surface area (TPSA) is 62.5 Å². The number of hydrogen-bond donors (Lipinski definition) is 1. The molecule has 0 spiro atoms. The lowest BCUT2D eigenvalue weighted by Crippen LogP contribution is -2.36. The molecule has 1 aliphatic rings. The highest BCUT2D eigenvalue weighted by Crippen LogP contribution is 2.18. The summed E-state index contributed by atoms with van der Waals surface area (Å²) in [6.45, 7) is 3.93. The number of aromatic nitrogens is 1. The summed E-state index contributed by atoms with van der Waals surface area (Å²) in [6.07, 6.45) is 2.81. The summed E-state index contributed by atoms with van der Waals surface area (Å²) in [4.78, 5) is 19.6. The van der Waals surface area contributed by atoms with Crippen molar-refractivity contribution in [3.05, 3.63) is 22.8 Å². The Bertz CT molecular complexity index is 426. The van der Waals surface area contributed by atoms with Gasteiger partial charge in [-0.15, -0.1) is 0 Å². The molecule has 6 heteroatoms. The number of amides is 1. The highest BCUT2D eigenvalue weighted by Gasteiger charge is 2.17. The molecule has 5 nitrogen and oxygen atoms in total. The number of anilines is 1. The first-order valence-corrected chi connectivity index (χ1v) is 6.81. The van der Waals surface area contributed by atoms with Crippen molar-refractivity contribution >= 4 is 27.7 Å². The van der Waals surface area contributed by atoms with Crippen LogP contribution in [-0.4, -0.2) is 48.5 Å². The lowest BCUT2D eigenvalue weighted by atomic mass is 10.3. The lowest BCUT2D eigenvalue weighted by Gasteiger charge is -2.22. The van der Waals surface area contributed by atoms with Gasteiger partial charge in [0.25, 0.3) is 0 Å². The van der Waals surface area contributed by atoms with Gasteiger partial charge >= 0.3 is 0 Å². The Morgan fingerprint density at radius 2 is 2.22 bits per heavy atom. The quantitative estimate of drug-likeness (QED) is 0.898. The second kappa shape index (κ2) is 6.15. The van der Waals surface area contributed by atoms with Gasteiger partial charge in [-0.05, 0) is 18.6 Å². The van der Waals surface area contributed by atoms with E-state index < -0.39 is 0 Å². The molecule has 98 valence electrons. The first-order valence-electron chi connectivity index (χ1n) is 6.02. The molecule has 1 aromatic rings. The minimum absolute atomic E-state index is 0.260. The fourth-order valence-corrected chi connectivity index (χ4v) is 2.47. The molecule has 1 fully saturated rings. The molecule has 0 atom stereocenters. The molecule has 2 rings (SSSR count). The molecule has 0 aromatic carbocycles. The van der Waals surface area contributed by atoms with Crippen LogP contribution in [0.2, 0.25) is 0 Å². The second-order valence-corrected chi connectivity index (χ2v) is 5.33. The van der Waals surface area contributed by atoms with Crippen molar-refractivity contribution in [1.82, 2.24) is 9.88 Å². The van der Waals surface area contributed by atoms with E-state index in [1.807, 2.05) is 12.1 Å². The van der Waals surface area contributed by atoms with Gasteiger partial charge in [0, 0.05) is 36.8 Å². The number of carbonyl (C=O) groups is 1. The molecule has 18 heavy (non-hydrogen) atoms. The Kier molecular flexibility index (Phi) is 4.54. The van der Waals surface area contributed by atoms with Crippen LogP contribution < -0.4 is 10.6 Å². The average molecular weight is 313 g/mol. The normalized spacial score (nSPS) is 17.5. The summed E-state index contributed by atoms with van der Waals surface area (Å²) < 4.78 is 1.03. The zero-order valence-electron chi connectivity index (χ0n) is 10.2. The Morgan fingerprint density at radius 3 is 2.94 bits per heavy atom. The Balaban J connectivity index is 1.98. The fraction of sp³-hybridized carbons (Fsp3) is 0.500. The molecule has 0 radical (unpaired) electrons. The number of primary amides is 1. The van der Waals surface area contributed by atoms with Crippen LogP contribution in [0.1, 0.15) is 6.42 Å². The van der Waals surface area contributed by atoms with E-state index in [0.29, 0.717) is 6.54 Å². The molecule has 1 aromatic heterocycles.